The van der Waals surface area contributed by atoms with Crippen LogP contribution in [0.1, 0.15) is 11.3 Å². The van der Waals surface area contributed by atoms with E-state index in [1.54, 1.807) is 0 Å². The average Bonchev–Trinajstić information content (AvgIpc) is 3.24. The molecule has 2 heterocycles. The highest BCUT2D eigenvalue weighted by molar-refractivity contribution is 5.90. The molecule has 0 fully saturated rings. The minimum Gasteiger partial charge on any atom is -0.345 e. The number of benzene rings is 2. The monoisotopic (exact) mass is 412 g/mol. The molecule has 0 atom stereocenters. The first kappa shape index (κ1) is 20.2. The molecule has 4 aromatic rings. The maximum absolute atomic E-state index is 12.1. The zero-order valence-electron chi connectivity index (χ0n) is 17.5. The van der Waals surface area contributed by atoms with Crippen LogP contribution in [0.3, 0.4) is 0 Å². The summed E-state index contributed by atoms with van der Waals surface area (Å²) < 4.78 is 1.82. The molecule has 7 heteroatoms. The number of aromatic nitrogens is 3. The van der Waals surface area contributed by atoms with Gasteiger partial charge in [0.2, 0.25) is 11.9 Å². The Morgan fingerprint density at radius 2 is 1.45 bits per heavy atom. The summed E-state index contributed by atoms with van der Waals surface area (Å²) in [5.41, 5.74) is 4.58. The van der Waals surface area contributed by atoms with E-state index in [-0.39, 0.29) is 12.5 Å². The van der Waals surface area contributed by atoms with Crippen molar-refractivity contribution in [3.8, 4) is 0 Å². The Kier molecular flexibility index (Phi) is 5.93. The molecule has 0 spiro atoms. The van der Waals surface area contributed by atoms with E-state index >= 15 is 0 Å². The second-order valence-corrected chi connectivity index (χ2v) is 7.32. The van der Waals surface area contributed by atoms with E-state index in [0.717, 1.165) is 22.8 Å². The lowest BCUT2D eigenvalue weighted by atomic mass is 10.2. The second-order valence-electron chi connectivity index (χ2n) is 7.32. The van der Waals surface area contributed by atoms with Crippen LogP contribution in [0.4, 0.5) is 28.8 Å². The highest BCUT2D eigenvalue weighted by atomic mass is 16.1. The number of aryl methyl sites for hydroxylation is 2. The van der Waals surface area contributed by atoms with E-state index in [9.17, 15) is 4.79 Å². The van der Waals surface area contributed by atoms with Crippen molar-refractivity contribution in [1.29, 1.82) is 0 Å². The van der Waals surface area contributed by atoms with Crippen LogP contribution < -0.4 is 16.0 Å². The SMILES string of the molecule is Cc1ccc(Nc2nc(C)cc(Nc3ccc(NC(=O)Cn4cccc4)cc3)n2)cc1. The number of nitrogens with one attached hydrogen (secondary N) is 3. The summed E-state index contributed by atoms with van der Waals surface area (Å²) in [6, 6.07) is 21.2. The van der Waals surface area contributed by atoms with Crippen molar-refractivity contribution in [2.45, 2.75) is 20.4 Å². The van der Waals surface area contributed by atoms with Crippen LogP contribution in [0.25, 0.3) is 0 Å². The number of amides is 1. The minimum absolute atomic E-state index is 0.0739. The lowest BCUT2D eigenvalue weighted by Gasteiger charge is -2.11. The van der Waals surface area contributed by atoms with Crippen molar-refractivity contribution in [1.82, 2.24) is 14.5 Å². The third-order valence-electron chi connectivity index (χ3n) is 4.60. The van der Waals surface area contributed by atoms with Gasteiger partial charge in [-0.3, -0.25) is 4.79 Å². The highest BCUT2D eigenvalue weighted by Crippen LogP contribution is 2.21. The van der Waals surface area contributed by atoms with E-state index < -0.39 is 0 Å². The summed E-state index contributed by atoms with van der Waals surface area (Å²) in [7, 11) is 0. The lowest BCUT2D eigenvalue weighted by molar-refractivity contribution is -0.116. The quantitative estimate of drug-likeness (QED) is 0.397. The molecule has 0 bridgehead atoms. The molecule has 0 unspecified atom stereocenters. The van der Waals surface area contributed by atoms with Crippen molar-refractivity contribution in [3.05, 3.63) is 90.4 Å². The van der Waals surface area contributed by atoms with Gasteiger partial charge >= 0.3 is 0 Å². The third-order valence-corrected chi connectivity index (χ3v) is 4.60. The van der Waals surface area contributed by atoms with Gasteiger partial charge < -0.3 is 20.5 Å². The summed E-state index contributed by atoms with van der Waals surface area (Å²) in [6.07, 6.45) is 3.72. The zero-order chi connectivity index (χ0) is 21.6. The highest BCUT2D eigenvalue weighted by Gasteiger charge is 2.06. The number of rotatable bonds is 7. The summed E-state index contributed by atoms with van der Waals surface area (Å²) in [5, 5.41) is 9.42. The summed E-state index contributed by atoms with van der Waals surface area (Å²) >= 11 is 0. The molecule has 3 N–H and O–H groups in total. The van der Waals surface area contributed by atoms with Gasteiger partial charge in [0, 0.05) is 41.2 Å². The Morgan fingerprint density at radius 1 is 0.839 bits per heavy atom. The molecule has 31 heavy (non-hydrogen) atoms. The predicted molar refractivity (Wildman–Crippen MR) is 124 cm³/mol. The van der Waals surface area contributed by atoms with Crippen LogP contribution >= 0.6 is 0 Å². The minimum atomic E-state index is -0.0739. The van der Waals surface area contributed by atoms with Gasteiger partial charge in [-0.2, -0.15) is 4.98 Å². The number of hydrogen-bond acceptors (Lipinski definition) is 5. The van der Waals surface area contributed by atoms with Gasteiger partial charge in [0.1, 0.15) is 12.4 Å². The fraction of sp³-hybridized carbons (Fsp3) is 0.125. The molecule has 0 aliphatic rings. The van der Waals surface area contributed by atoms with Gasteiger partial charge in [-0.25, -0.2) is 4.98 Å². The molecule has 0 saturated carbocycles. The zero-order valence-corrected chi connectivity index (χ0v) is 17.5. The molecular formula is C24H24N6O. The van der Waals surface area contributed by atoms with Crippen molar-refractivity contribution < 1.29 is 4.79 Å². The van der Waals surface area contributed by atoms with E-state index in [2.05, 4.69) is 25.9 Å². The first-order valence-electron chi connectivity index (χ1n) is 10.0. The van der Waals surface area contributed by atoms with Crippen LogP contribution in [-0.2, 0) is 11.3 Å². The Bertz CT molecular complexity index is 1150. The standard InChI is InChI=1S/C24H24N6O/c1-17-5-7-21(8-6-17)28-24-25-18(2)15-22(29-24)26-19-9-11-20(12-10-19)27-23(31)16-30-13-3-4-14-30/h3-15H,16H2,1-2H3,(H,27,31)(H2,25,26,28,29). The molecule has 0 saturated heterocycles. The molecule has 7 nitrogen and oxygen atoms in total. The van der Waals surface area contributed by atoms with Crippen LogP contribution in [0, 0.1) is 13.8 Å². The van der Waals surface area contributed by atoms with Crippen LogP contribution in [0.15, 0.2) is 79.1 Å². The molecule has 156 valence electrons. The van der Waals surface area contributed by atoms with Crippen molar-refractivity contribution in [2.24, 2.45) is 0 Å². The molecule has 4 rings (SSSR count). The van der Waals surface area contributed by atoms with Crippen LogP contribution in [0.2, 0.25) is 0 Å². The van der Waals surface area contributed by atoms with Crippen molar-refractivity contribution in [2.75, 3.05) is 16.0 Å². The van der Waals surface area contributed by atoms with Gasteiger partial charge in [-0.1, -0.05) is 17.7 Å². The maximum atomic E-state index is 12.1. The first-order chi connectivity index (χ1) is 15.0. The summed E-state index contributed by atoms with van der Waals surface area (Å²) in [6.45, 7) is 4.26. The Hall–Kier alpha value is -4.13. The Morgan fingerprint density at radius 3 is 2.16 bits per heavy atom. The molecule has 2 aromatic heterocycles. The number of hydrogen-bond donors (Lipinski definition) is 3. The number of anilines is 5. The lowest BCUT2D eigenvalue weighted by Crippen LogP contribution is -2.17. The topological polar surface area (TPSA) is 83.9 Å². The van der Waals surface area contributed by atoms with Crippen molar-refractivity contribution in [3.63, 3.8) is 0 Å². The van der Waals surface area contributed by atoms with Gasteiger partial charge in [0.05, 0.1) is 0 Å². The third kappa shape index (κ3) is 5.70. The average molecular weight is 412 g/mol. The number of carbonyl (C=O) groups is 1. The fourth-order valence-electron chi connectivity index (χ4n) is 3.08. The van der Waals surface area contributed by atoms with Gasteiger partial charge in [-0.05, 0) is 62.4 Å². The van der Waals surface area contributed by atoms with Crippen molar-refractivity contribution >= 4 is 34.7 Å². The molecule has 2 aromatic carbocycles. The molecule has 0 aliphatic heterocycles. The molecule has 0 radical (unpaired) electrons. The van der Waals surface area contributed by atoms with E-state index in [1.165, 1.54) is 5.56 Å². The van der Waals surface area contributed by atoms with Gasteiger partial charge in [0.25, 0.3) is 0 Å². The van der Waals surface area contributed by atoms with E-state index in [1.807, 2.05) is 97.5 Å². The fourth-order valence-corrected chi connectivity index (χ4v) is 3.08. The molecule has 1 amide bonds. The van der Waals surface area contributed by atoms with Crippen LogP contribution in [-0.4, -0.2) is 20.4 Å². The summed E-state index contributed by atoms with van der Waals surface area (Å²) in [4.78, 5) is 21.1. The Labute approximate surface area is 181 Å². The predicted octanol–water partition coefficient (Wildman–Crippen LogP) is 5.02. The van der Waals surface area contributed by atoms with E-state index in [4.69, 9.17) is 0 Å². The summed E-state index contributed by atoms with van der Waals surface area (Å²) in [5.74, 6) is 1.14. The van der Waals surface area contributed by atoms with Gasteiger partial charge in [0.15, 0.2) is 0 Å². The maximum Gasteiger partial charge on any atom is 0.244 e. The normalized spacial score (nSPS) is 10.5. The van der Waals surface area contributed by atoms with Crippen LogP contribution in [0.5, 0.6) is 0 Å². The first-order valence-corrected chi connectivity index (χ1v) is 10.0. The van der Waals surface area contributed by atoms with E-state index in [0.29, 0.717) is 11.8 Å². The second kappa shape index (κ2) is 9.13. The smallest absolute Gasteiger partial charge is 0.244 e. The number of nitrogens with zero attached hydrogens (tertiary/aromatic N) is 3. The van der Waals surface area contributed by atoms with Gasteiger partial charge in [-0.15, -0.1) is 0 Å². The molecule has 0 aliphatic carbocycles. The molecular weight excluding hydrogens is 388 g/mol. The Balaban J connectivity index is 1.39. The number of carbonyl (C=O) groups excluding carboxylic acids is 1. The largest absolute Gasteiger partial charge is 0.345 e.